The molecule has 3 aromatic heterocycles. The number of aromatic amines is 1. The molecule has 0 aliphatic heterocycles. The number of fused-ring (bicyclic) bond motifs is 3. The Hall–Kier alpha value is -3.36. The Morgan fingerprint density at radius 2 is 2.22 bits per heavy atom. The molecule has 0 spiro atoms. The summed E-state index contributed by atoms with van der Waals surface area (Å²) in [5, 5.41) is 16.4. The molecule has 1 amide bonds. The molecule has 0 bridgehead atoms. The summed E-state index contributed by atoms with van der Waals surface area (Å²) in [6, 6.07) is 7.76. The molecule has 0 atom stereocenters. The quantitative estimate of drug-likeness (QED) is 0.595. The van der Waals surface area contributed by atoms with Crippen molar-refractivity contribution in [1.82, 2.24) is 25.2 Å². The molecule has 9 heteroatoms. The molecule has 116 valence electrons. The maximum absolute atomic E-state index is 12.4. The van der Waals surface area contributed by atoms with Gasteiger partial charge in [-0.25, -0.2) is 0 Å². The van der Waals surface area contributed by atoms with Gasteiger partial charge in [-0.3, -0.25) is 10.1 Å². The summed E-state index contributed by atoms with van der Waals surface area (Å²) in [5.41, 5.74) is 2.30. The van der Waals surface area contributed by atoms with Crippen LogP contribution in [-0.2, 0) is 7.05 Å². The zero-order valence-corrected chi connectivity index (χ0v) is 12.3. The second-order valence-electron chi connectivity index (χ2n) is 4.91. The fraction of sp³-hybridized carbons (Fsp3) is 0.143. The number of anilines is 1. The van der Waals surface area contributed by atoms with Crippen LogP contribution in [-0.4, -0.2) is 38.2 Å². The normalized spacial score (nSPS) is 11.2. The molecule has 0 radical (unpaired) electrons. The summed E-state index contributed by atoms with van der Waals surface area (Å²) in [4.78, 5) is 12.4. The first-order chi connectivity index (χ1) is 11.2. The van der Waals surface area contributed by atoms with Gasteiger partial charge in [0.1, 0.15) is 5.52 Å². The molecule has 4 rings (SSSR count). The van der Waals surface area contributed by atoms with E-state index in [-0.39, 0.29) is 11.7 Å². The maximum Gasteiger partial charge on any atom is 0.297 e. The minimum atomic E-state index is -0.511. The predicted octanol–water partition coefficient (Wildman–Crippen LogP) is 1.70. The van der Waals surface area contributed by atoms with Gasteiger partial charge in [-0.15, -0.1) is 5.10 Å². The molecular weight excluding hydrogens is 300 g/mol. The molecule has 0 saturated heterocycles. The number of aryl methyl sites for hydroxylation is 1. The van der Waals surface area contributed by atoms with Gasteiger partial charge in [-0.05, 0) is 17.3 Å². The number of H-pyrrole nitrogens is 1. The van der Waals surface area contributed by atoms with E-state index in [0.29, 0.717) is 16.8 Å². The Balaban J connectivity index is 1.90. The number of para-hydroxylation sites is 1. The van der Waals surface area contributed by atoms with Gasteiger partial charge in [-0.1, -0.05) is 17.2 Å². The third-order valence-corrected chi connectivity index (χ3v) is 3.67. The van der Waals surface area contributed by atoms with Crippen molar-refractivity contribution in [3.05, 3.63) is 30.0 Å². The highest BCUT2D eigenvalue weighted by Gasteiger charge is 2.26. The van der Waals surface area contributed by atoms with Crippen LogP contribution in [0.5, 0.6) is 5.75 Å². The van der Waals surface area contributed by atoms with Gasteiger partial charge in [-0.2, -0.15) is 5.21 Å². The molecule has 0 fully saturated rings. The molecule has 1 aromatic carbocycles. The highest BCUT2D eigenvalue weighted by molar-refractivity contribution is 6.13. The van der Waals surface area contributed by atoms with Gasteiger partial charge in [0.05, 0.1) is 12.6 Å². The number of benzene rings is 1. The monoisotopic (exact) mass is 312 g/mol. The molecule has 9 nitrogen and oxygen atoms in total. The number of methoxy groups -OCH3 is 1. The summed E-state index contributed by atoms with van der Waals surface area (Å²) in [6.45, 7) is 0. The lowest BCUT2D eigenvalue weighted by molar-refractivity contribution is 0.0994. The summed E-state index contributed by atoms with van der Waals surface area (Å²) < 4.78 is 13.1. The lowest BCUT2D eigenvalue weighted by Gasteiger charge is -2.03. The van der Waals surface area contributed by atoms with E-state index in [2.05, 4.69) is 25.9 Å². The first-order valence-corrected chi connectivity index (χ1v) is 6.79. The van der Waals surface area contributed by atoms with E-state index in [1.807, 2.05) is 35.9 Å². The number of hydrogen-bond acceptors (Lipinski definition) is 6. The molecule has 23 heavy (non-hydrogen) atoms. The van der Waals surface area contributed by atoms with E-state index >= 15 is 0 Å². The second kappa shape index (κ2) is 4.83. The van der Waals surface area contributed by atoms with E-state index in [9.17, 15) is 4.79 Å². The lowest BCUT2D eigenvalue weighted by atomic mass is 10.2. The van der Waals surface area contributed by atoms with Crippen molar-refractivity contribution < 1.29 is 13.9 Å². The summed E-state index contributed by atoms with van der Waals surface area (Å²) >= 11 is 0. The average molecular weight is 312 g/mol. The summed E-state index contributed by atoms with van der Waals surface area (Å²) in [5.74, 6) is -0.0331. The Bertz CT molecular complexity index is 1010. The fourth-order valence-corrected chi connectivity index (χ4v) is 2.69. The molecule has 4 aromatic rings. The standard InChI is InChI=1S/C14H12N6O3/c1-20-8-6-4-3-5-7(8)10-9(20)11(22-2)12(23-10)13(21)15-14-16-18-19-17-14/h3-6H,1-2H3,(H2,15,16,17,18,19,21). The number of nitrogens with one attached hydrogen (secondary N) is 2. The van der Waals surface area contributed by atoms with Crippen molar-refractivity contribution >= 4 is 33.9 Å². The number of rotatable bonds is 3. The van der Waals surface area contributed by atoms with E-state index in [0.717, 1.165) is 10.9 Å². The SMILES string of the molecule is COc1c(C(=O)Nc2nn[nH]n2)oc2c3ccccc3n(C)c12. The van der Waals surface area contributed by atoms with Crippen LogP contribution in [0.2, 0.25) is 0 Å². The average Bonchev–Trinajstić information content (AvgIpc) is 3.25. The predicted molar refractivity (Wildman–Crippen MR) is 81.4 cm³/mol. The minimum Gasteiger partial charge on any atom is -0.491 e. The number of amides is 1. The third-order valence-electron chi connectivity index (χ3n) is 3.67. The van der Waals surface area contributed by atoms with E-state index in [4.69, 9.17) is 9.15 Å². The maximum atomic E-state index is 12.4. The van der Waals surface area contributed by atoms with Crippen molar-refractivity contribution in [3.63, 3.8) is 0 Å². The van der Waals surface area contributed by atoms with Crippen molar-refractivity contribution in [1.29, 1.82) is 0 Å². The van der Waals surface area contributed by atoms with Gasteiger partial charge >= 0.3 is 0 Å². The van der Waals surface area contributed by atoms with Gasteiger partial charge in [0.25, 0.3) is 11.9 Å². The number of carbonyl (C=O) groups is 1. The number of tetrazole rings is 1. The molecule has 3 heterocycles. The number of nitrogens with zero attached hydrogens (tertiary/aromatic N) is 4. The van der Waals surface area contributed by atoms with E-state index in [1.165, 1.54) is 7.11 Å². The number of furan rings is 1. The van der Waals surface area contributed by atoms with Crippen LogP contribution in [0, 0.1) is 0 Å². The van der Waals surface area contributed by atoms with Crippen LogP contribution >= 0.6 is 0 Å². The van der Waals surface area contributed by atoms with Crippen molar-refractivity contribution in [2.75, 3.05) is 12.4 Å². The van der Waals surface area contributed by atoms with Crippen LogP contribution in [0.3, 0.4) is 0 Å². The first-order valence-electron chi connectivity index (χ1n) is 6.79. The van der Waals surface area contributed by atoms with Gasteiger partial charge in [0.15, 0.2) is 11.3 Å². The number of ether oxygens (including phenoxy) is 1. The Morgan fingerprint density at radius 3 is 2.96 bits per heavy atom. The smallest absolute Gasteiger partial charge is 0.297 e. The zero-order valence-electron chi connectivity index (χ0n) is 12.3. The highest BCUT2D eigenvalue weighted by atomic mass is 16.5. The third kappa shape index (κ3) is 1.86. The Kier molecular flexibility index (Phi) is 2.80. The minimum absolute atomic E-state index is 0.0577. The van der Waals surface area contributed by atoms with Crippen LogP contribution in [0.4, 0.5) is 5.95 Å². The number of aromatic nitrogens is 5. The first kappa shape index (κ1) is 13.3. The lowest BCUT2D eigenvalue weighted by Crippen LogP contribution is -2.13. The van der Waals surface area contributed by atoms with Crippen LogP contribution in [0.15, 0.2) is 28.7 Å². The molecule has 0 aliphatic carbocycles. The van der Waals surface area contributed by atoms with Crippen molar-refractivity contribution in [3.8, 4) is 5.75 Å². The molecule has 0 unspecified atom stereocenters. The Morgan fingerprint density at radius 1 is 1.39 bits per heavy atom. The van der Waals surface area contributed by atoms with Gasteiger partial charge in [0, 0.05) is 12.4 Å². The summed E-state index contributed by atoms with van der Waals surface area (Å²) in [7, 11) is 3.39. The van der Waals surface area contributed by atoms with Gasteiger partial charge < -0.3 is 13.7 Å². The van der Waals surface area contributed by atoms with Gasteiger partial charge in [0.2, 0.25) is 5.76 Å². The van der Waals surface area contributed by atoms with Crippen LogP contribution in [0.25, 0.3) is 22.0 Å². The Labute approximate surface area is 129 Å². The fourth-order valence-electron chi connectivity index (χ4n) is 2.69. The van der Waals surface area contributed by atoms with E-state index < -0.39 is 5.91 Å². The number of carbonyl (C=O) groups excluding carboxylic acids is 1. The van der Waals surface area contributed by atoms with Crippen molar-refractivity contribution in [2.24, 2.45) is 7.05 Å². The highest BCUT2D eigenvalue weighted by Crippen LogP contribution is 2.39. The molecule has 0 saturated carbocycles. The second-order valence-corrected chi connectivity index (χ2v) is 4.91. The molecule has 0 aliphatic rings. The van der Waals surface area contributed by atoms with E-state index in [1.54, 1.807) is 0 Å². The van der Waals surface area contributed by atoms with Crippen LogP contribution < -0.4 is 10.1 Å². The molecule has 2 N–H and O–H groups in total. The van der Waals surface area contributed by atoms with Crippen LogP contribution in [0.1, 0.15) is 10.6 Å². The van der Waals surface area contributed by atoms with Crippen molar-refractivity contribution in [2.45, 2.75) is 0 Å². The topological polar surface area (TPSA) is 111 Å². The zero-order chi connectivity index (χ0) is 16.0. The largest absolute Gasteiger partial charge is 0.491 e. The number of hydrogen-bond donors (Lipinski definition) is 2. The summed E-state index contributed by atoms with van der Waals surface area (Å²) in [6.07, 6.45) is 0. The molecular formula is C14H12N6O3.